The van der Waals surface area contributed by atoms with E-state index in [-0.39, 0.29) is 0 Å². The Morgan fingerprint density at radius 2 is 1.78 bits per heavy atom. The van der Waals surface area contributed by atoms with Crippen LogP contribution in [0.2, 0.25) is 0 Å². The van der Waals surface area contributed by atoms with E-state index in [1.807, 2.05) is 0 Å². The van der Waals surface area contributed by atoms with Crippen molar-refractivity contribution in [2.24, 2.45) is 10.9 Å². The fourth-order valence-electron chi connectivity index (χ4n) is 3.11. The Labute approximate surface area is 159 Å². The molecule has 8 heteroatoms. The number of aliphatic imine (C=N–C) groups is 1. The molecule has 0 spiro atoms. The van der Waals surface area contributed by atoms with Gasteiger partial charge in [0.25, 0.3) is 0 Å². The van der Waals surface area contributed by atoms with Gasteiger partial charge in [-0.15, -0.1) is 0 Å². The van der Waals surface area contributed by atoms with Gasteiger partial charge in [0.2, 0.25) is 0 Å². The molecule has 1 heterocycles. The summed E-state index contributed by atoms with van der Waals surface area (Å²) in [5.74, 6) is 1.11. The Bertz CT molecular complexity index is 596. The molecule has 0 saturated carbocycles. The zero-order valence-electron chi connectivity index (χ0n) is 16.1. The lowest BCUT2D eigenvalue weighted by Gasteiger charge is -2.37. The summed E-state index contributed by atoms with van der Waals surface area (Å²) in [7, 11) is 1.68. The topological polar surface area (TPSA) is 48.9 Å². The molecule has 0 radical (unpaired) electrons. The van der Waals surface area contributed by atoms with E-state index in [9.17, 15) is 13.2 Å². The van der Waals surface area contributed by atoms with Gasteiger partial charge in [0.05, 0.1) is 18.8 Å². The first-order valence-corrected chi connectivity index (χ1v) is 9.23. The van der Waals surface area contributed by atoms with Crippen LogP contribution in [0.25, 0.3) is 0 Å². The molecule has 1 atom stereocenters. The zero-order valence-corrected chi connectivity index (χ0v) is 16.1. The van der Waals surface area contributed by atoms with E-state index in [4.69, 9.17) is 4.74 Å². The van der Waals surface area contributed by atoms with Gasteiger partial charge in [-0.1, -0.05) is 26.0 Å². The molecule has 1 fully saturated rings. The largest absolute Gasteiger partial charge is 0.416 e. The van der Waals surface area contributed by atoms with Crippen LogP contribution in [0.1, 0.15) is 25.0 Å². The number of rotatable bonds is 6. The predicted octanol–water partition coefficient (Wildman–Crippen LogP) is 2.73. The average Bonchev–Trinajstić information content (AvgIpc) is 2.64. The third kappa shape index (κ3) is 6.70. The molecule has 2 rings (SSSR count). The molecule has 1 aliphatic rings. The summed E-state index contributed by atoms with van der Waals surface area (Å²) < 4.78 is 43.3. The first-order chi connectivity index (χ1) is 12.8. The third-order valence-corrected chi connectivity index (χ3v) is 4.73. The summed E-state index contributed by atoms with van der Waals surface area (Å²) in [4.78, 5) is 6.63. The summed E-state index contributed by atoms with van der Waals surface area (Å²) in [6.45, 7) is 8.88. The maximum absolute atomic E-state index is 12.6. The maximum Gasteiger partial charge on any atom is 0.416 e. The molecule has 0 amide bonds. The molecule has 5 nitrogen and oxygen atoms in total. The fraction of sp³-hybridized carbons (Fsp3) is 0.632. The number of guanidine groups is 1. The summed E-state index contributed by atoms with van der Waals surface area (Å²) in [5.41, 5.74) is 0.124. The van der Waals surface area contributed by atoms with Gasteiger partial charge >= 0.3 is 6.18 Å². The van der Waals surface area contributed by atoms with Crippen molar-refractivity contribution in [3.8, 4) is 0 Å². The number of nitrogens with one attached hydrogen (secondary N) is 2. The number of halogens is 3. The van der Waals surface area contributed by atoms with Crippen LogP contribution in [0, 0.1) is 5.92 Å². The molecule has 1 saturated heterocycles. The zero-order chi connectivity index (χ0) is 19.9. The van der Waals surface area contributed by atoms with E-state index in [0.717, 1.165) is 50.5 Å². The second-order valence-corrected chi connectivity index (χ2v) is 6.96. The highest BCUT2D eigenvalue weighted by Crippen LogP contribution is 2.29. The lowest BCUT2D eigenvalue weighted by atomic mass is 10.0. The molecule has 152 valence electrons. The van der Waals surface area contributed by atoms with Crippen molar-refractivity contribution in [1.29, 1.82) is 0 Å². The van der Waals surface area contributed by atoms with Gasteiger partial charge in [-0.2, -0.15) is 13.2 Å². The SMILES string of the molecule is CN=C(NCc1ccc(C(F)(F)F)cc1)NCC(C(C)C)N1CCOCC1. The van der Waals surface area contributed by atoms with Crippen molar-refractivity contribution in [2.75, 3.05) is 39.9 Å². The number of alkyl halides is 3. The highest BCUT2D eigenvalue weighted by Gasteiger charge is 2.30. The quantitative estimate of drug-likeness (QED) is 0.583. The van der Waals surface area contributed by atoms with Gasteiger partial charge in [0, 0.05) is 39.3 Å². The summed E-state index contributed by atoms with van der Waals surface area (Å²) >= 11 is 0. The third-order valence-electron chi connectivity index (χ3n) is 4.73. The minimum Gasteiger partial charge on any atom is -0.379 e. The first kappa shape index (κ1) is 21.5. The van der Waals surface area contributed by atoms with E-state index in [1.54, 1.807) is 7.05 Å². The first-order valence-electron chi connectivity index (χ1n) is 9.23. The van der Waals surface area contributed by atoms with Gasteiger partial charge < -0.3 is 15.4 Å². The molecule has 1 aromatic carbocycles. The van der Waals surface area contributed by atoms with Gasteiger partial charge in [-0.05, 0) is 23.6 Å². The van der Waals surface area contributed by atoms with Crippen LogP contribution >= 0.6 is 0 Å². The van der Waals surface area contributed by atoms with Gasteiger partial charge in [0.15, 0.2) is 5.96 Å². The Kier molecular flexibility index (Phi) is 7.91. The van der Waals surface area contributed by atoms with Crippen molar-refractivity contribution in [1.82, 2.24) is 15.5 Å². The Morgan fingerprint density at radius 3 is 2.30 bits per heavy atom. The second-order valence-electron chi connectivity index (χ2n) is 6.96. The monoisotopic (exact) mass is 386 g/mol. The molecule has 2 N–H and O–H groups in total. The van der Waals surface area contributed by atoms with E-state index in [0.29, 0.717) is 24.5 Å². The molecule has 1 aromatic rings. The molecule has 0 aliphatic carbocycles. The van der Waals surface area contributed by atoms with Crippen LogP contribution in [0.4, 0.5) is 13.2 Å². The smallest absolute Gasteiger partial charge is 0.379 e. The number of hydrogen-bond donors (Lipinski definition) is 2. The van der Waals surface area contributed by atoms with Crippen molar-refractivity contribution in [3.05, 3.63) is 35.4 Å². The number of morpholine rings is 1. The Hall–Kier alpha value is -1.80. The number of nitrogens with zero attached hydrogens (tertiary/aromatic N) is 2. The molecule has 0 bridgehead atoms. The standard InChI is InChI=1S/C19H29F3N4O/c1-14(2)17(26-8-10-27-11-9-26)13-25-18(23-3)24-12-15-4-6-16(7-5-15)19(20,21)22/h4-7,14,17H,8-13H2,1-3H3,(H2,23,24,25). The molecular formula is C19H29F3N4O. The van der Waals surface area contributed by atoms with Crippen LogP contribution in [-0.4, -0.2) is 56.8 Å². The van der Waals surface area contributed by atoms with Gasteiger partial charge in [-0.25, -0.2) is 0 Å². The van der Waals surface area contributed by atoms with E-state index >= 15 is 0 Å². The lowest BCUT2D eigenvalue weighted by molar-refractivity contribution is -0.137. The minimum absolute atomic E-state index is 0.360. The number of benzene rings is 1. The lowest BCUT2D eigenvalue weighted by Crippen LogP contribution is -2.52. The van der Waals surface area contributed by atoms with E-state index in [1.165, 1.54) is 12.1 Å². The van der Waals surface area contributed by atoms with Crippen molar-refractivity contribution in [2.45, 2.75) is 32.6 Å². The Morgan fingerprint density at radius 1 is 1.15 bits per heavy atom. The molecule has 0 aromatic heterocycles. The average molecular weight is 386 g/mol. The van der Waals surface area contributed by atoms with Gasteiger partial charge in [-0.3, -0.25) is 9.89 Å². The van der Waals surface area contributed by atoms with Crippen LogP contribution in [0.3, 0.4) is 0 Å². The molecule has 27 heavy (non-hydrogen) atoms. The molecular weight excluding hydrogens is 357 g/mol. The molecule has 1 unspecified atom stereocenters. The van der Waals surface area contributed by atoms with Gasteiger partial charge in [0.1, 0.15) is 0 Å². The highest BCUT2D eigenvalue weighted by atomic mass is 19.4. The predicted molar refractivity (Wildman–Crippen MR) is 101 cm³/mol. The highest BCUT2D eigenvalue weighted by molar-refractivity contribution is 5.79. The Balaban J connectivity index is 1.85. The van der Waals surface area contributed by atoms with Crippen LogP contribution < -0.4 is 10.6 Å². The summed E-state index contributed by atoms with van der Waals surface area (Å²) in [6.07, 6.45) is -4.31. The maximum atomic E-state index is 12.6. The number of hydrogen-bond acceptors (Lipinski definition) is 3. The van der Waals surface area contributed by atoms with Crippen molar-refractivity contribution >= 4 is 5.96 Å². The minimum atomic E-state index is -4.31. The molecule has 1 aliphatic heterocycles. The van der Waals surface area contributed by atoms with E-state index in [2.05, 4.69) is 34.4 Å². The fourth-order valence-corrected chi connectivity index (χ4v) is 3.11. The summed E-state index contributed by atoms with van der Waals surface area (Å²) in [6, 6.07) is 5.51. The normalized spacial score (nSPS) is 17.8. The van der Waals surface area contributed by atoms with Crippen molar-refractivity contribution < 1.29 is 17.9 Å². The summed E-state index contributed by atoms with van der Waals surface area (Å²) in [5, 5.41) is 6.49. The number of ether oxygens (including phenoxy) is 1. The van der Waals surface area contributed by atoms with Crippen LogP contribution in [-0.2, 0) is 17.5 Å². The van der Waals surface area contributed by atoms with E-state index < -0.39 is 11.7 Å². The van der Waals surface area contributed by atoms with Crippen LogP contribution in [0.5, 0.6) is 0 Å². The van der Waals surface area contributed by atoms with Crippen LogP contribution in [0.15, 0.2) is 29.3 Å². The van der Waals surface area contributed by atoms with Crippen molar-refractivity contribution in [3.63, 3.8) is 0 Å². The second kappa shape index (κ2) is 9.94.